The van der Waals surface area contributed by atoms with E-state index in [0.717, 1.165) is 38.1 Å². The van der Waals surface area contributed by atoms with E-state index in [4.69, 9.17) is 4.74 Å². The fourth-order valence-electron chi connectivity index (χ4n) is 3.17. The lowest BCUT2D eigenvalue weighted by Gasteiger charge is -2.29. The molecule has 0 aromatic heterocycles. The molecule has 0 spiro atoms. The Morgan fingerprint density at radius 2 is 2.00 bits per heavy atom. The number of nitrogens with one attached hydrogen (secondary N) is 1. The first-order valence-electron chi connectivity index (χ1n) is 7.84. The monoisotopic (exact) mass is 265 g/mol. The number of ether oxygens (including phenoxy) is 1. The lowest BCUT2D eigenvalue weighted by molar-refractivity contribution is -0.149. The summed E-state index contributed by atoms with van der Waals surface area (Å²) in [6.45, 7) is 3.52. The summed E-state index contributed by atoms with van der Waals surface area (Å²) in [5, 5.41) is 3.70. The molecule has 1 saturated carbocycles. The minimum atomic E-state index is 0.0124. The Bertz CT molecular complexity index is 306. The van der Waals surface area contributed by atoms with Gasteiger partial charge in [0.15, 0.2) is 0 Å². The summed E-state index contributed by atoms with van der Waals surface area (Å²) in [5.41, 5.74) is 0. The normalized spacial score (nSPS) is 31.1. The predicted octanol–water partition coefficient (Wildman–Crippen LogP) is 3.05. The lowest BCUT2D eigenvalue weighted by Crippen LogP contribution is -2.38. The van der Waals surface area contributed by atoms with Gasteiger partial charge in [-0.25, -0.2) is 0 Å². The van der Waals surface area contributed by atoms with Gasteiger partial charge < -0.3 is 10.1 Å². The summed E-state index contributed by atoms with van der Waals surface area (Å²) in [4.78, 5) is 11.7. The lowest BCUT2D eigenvalue weighted by atomic mass is 9.85. The molecular weight excluding hydrogens is 238 g/mol. The molecule has 2 rings (SSSR count). The summed E-state index contributed by atoms with van der Waals surface area (Å²) < 4.78 is 5.10. The van der Waals surface area contributed by atoms with Gasteiger partial charge in [-0.1, -0.05) is 12.2 Å². The van der Waals surface area contributed by atoms with E-state index in [-0.39, 0.29) is 11.9 Å². The number of allylic oxidation sites excluding steroid dienone is 2. The highest BCUT2D eigenvalue weighted by atomic mass is 16.5. The molecule has 0 aliphatic heterocycles. The van der Waals surface area contributed by atoms with Crippen LogP contribution in [0, 0.1) is 11.8 Å². The third-order valence-corrected chi connectivity index (χ3v) is 4.42. The molecule has 2 aliphatic rings. The molecule has 3 heteroatoms. The maximum absolute atomic E-state index is 11.7. The summed E-state index contributed by atoms with van der Waals surface area (Å²) in [6.07, 6.45) is 12.6. The van der Waals surface area contributed by atoms with Gasteiger partial charge in [-0.3, -0.25) is 4.79 Å². The molecule has 0 bridgehead atoms. The van der Waals surface area contributed by atoms with E-state index < -0.39 is 0 Å². The van der Waals surface area contributed by atoms with Gasteiger partial charge in [-0.2, -0.15) is 0 Å². The zero-order chi connectivity index (χ0) is 13.5. The van der Waals surface area contributed by atoms with Gasteiger partial charge in [0.2, 0.25) is 0 Å². The average Bonchev–Trinajstić information content (AvgIpc) is 2.47. The first-order valence-corrected chi connectivity index (χ1v) is 7.84. The molecule has 0 radical (unpaired) electrons. The van der Waals surface area contributed by atoms with Gasteiger partial charge in [0.05, 0.1) is 12.5 Å². The second-order valence-corrected chi connectivity index (χ2v) is 5.86. The Hall–Kier alpha value is -0.830. The largest absolute Gasteiger partial charge is 0.466 e. The van der Waals surface area contributed by atoms with E-state index in [2.05, 4.69) is 17.5 Å². The number of carbonyl (C=O) groups is 1. The molecule has 0 aromatic rings. The highest BCUT2D eigenvalue weighted by molar-refractivity contribution is 5.72. The first-order chi connectivity index (χ1) is 9.29. The van der Waals surface area contributed by atoms with Crippen molar-refractivity contribution < 1.29 is 9.53 Å². The summed E-state index contributed by atoms with van der Waals surface area (Å²) in [7, 11) is 0. The minimum Gasteiger partial charge on any atom is -0.466 e. The van der Waals surface area contributed by atoms with E-state index in [0.29, 0.717) is 12.6 Å². The smallest absolute Gasteiger partial charge is 0.308 e. The average molecular weight is 265 g/mol. The number of rotatable bonds is 5. The van der Waals surface area contributed by atoms with Gasteiger partial charge in [0.25, 0.3) is 0 Å². The Balaban J connectivity index is 1.63. The summed E-state index contributed by atoms with van der Waals surface area (Å²) in [6, 6.07) is 0.608. The molecule has 1 unspecified atom stereocenters. The van der Waals surface area contributed by atoms with E-state index in [1.165, 1.54) is 19.3 Å². The van der Waals surface area contributed by atoms with Crippen molar-refractivity contribution in [1.82, 2.24) is 5.32 Å². The van der Waals surface area contributed by atoms with Gasteiger partial charge in [-0.05, 0) is 64.3 Å². The van der Waals surface area contributed by atoms with Crippen LogP contribution in [0.25, 0.3) is 0 Å². The van der Waals surface area contributed by atoms with Gasteiger partial charge >= 0.3 is 5.97 Å². The van der Waals surface area contributed by atoms with Crippen molar-refractivity contribution in [3.63, 3.8) is 0 Å². The Labute approximate surface area is 116 Å². The molecular formula is C16H27NO2. The van der Waals surface area contributed by atoms with Crippen molar-refractivity contribution in [2.75, 3.05) is 13.2 Å². The fraction of sp³-hybridized carbons (Fsp3) is 0.812. The zero-order valence-electron chi connectivity index (χ0n) is 12.1. The number of hydrogen-bond acceptors (Lipinski definition) is 3. The molecule has 2 aliphatic carbocycles. The number of carbonyl (C=O) groups excluding carboxylic acids is 1. The molecule has 0 heterocycles. The number of hydrogen-bond donors (Lipinski definition) is 1. The van der Waals surface area contributed by atoms with Crippen LogP contribution in [-0.2, 0) is 9.53 Å². The molecule has 3 nitrogen and oxygen atoms in total. The van der Waals surface area contributed by atoms with Crippen LogP contribution in [0.3, 0.4) is 0 Å². The van der Waals surface area contributed by atoms with Crippen LogP contribution < -0.4 is 5.32 Å². The molecule has 108 valence electrons. The SMILES string of the molecule is CCOC(=O)C1CCC(NCC2CC=CCC2)CC1. The Morgan fingerprint density at radius 3 is 2.63 bits per heavy atom. The zero-order valence-corrected chi connectivity index (χ0v) is 12.1. The van der Waals surface area contributed by atoms with Crippen LogP contribution in [0.4, 0.5) is 0 Å². The molecule has 1 atom stereocenters. The van der Waals surface area contributed by atoms with Crippen molar-refractivity contribution in [1.29, 1.82) is 0 Å². The highest BCUT2D eigenvalue weighted by Crippen LogP contribution is 2.26. The van der Waals surface area contributed by atoms with Gasteiger partial charge in [0.1, 0.15) is 0 Å². The van der Waals surface area contributed by atoms with Crippen molar-refractivity contribution in [3.05, 3.63) is 12.2 Å². The van der Waals surface area contributed by atoms with E-state index >= 15 is 0 Å². The minimum absolute atomic E-state index is 0.0124. The Morgan fingerprint density at radius 1 is 1.21 bits per heavy atom. The standard InChI is InChI=1S/C16H27NO2/c1-2-19-16(18)14-8-10-15(11-9-14)17-12-13-6-4-3-5-7-13/h3-4,13-15,17H,2,5-12H2,1H3. The van der Waals surface area contributed by atoms with E-state index in [1.54, 1.807) is 0 Å². The fourth-order valence-corrected chi connectivity index (χ4v) is 3.17. The first kappa shape index (κ1) is 14.6. The molecule has 19 heavy (non-hydrogen) atoms. The van der Waals surface area contributed by atoms with Gasteiger partial charge in [-0.15, -0.1) is 0 Å². The van der Waals surface area contributed by atoms with Crippen LogP contribution in [0.2, 0.25) is 0 Å². The van der Waals surface area contributed by atoms with Crippen molar-refractivity contribution in [2.24, 2.45) is 11.8 Å². The molecule has 0 amide bonds. The Kier molecular flexibility index (Phi) is 5.90. The van der Waals surface area contributed by atoms with E-state index in [1.807, 2.05) is 6.92 Å². The predicted molar refractivity (Wildman–Crippen MR) is 76.9 cm³/mol. The third-order valence-electron chi connectivity index (χ3n) is 4.42. The van der Waals surface area contributed by atoms with Crippen molar-refractivity contribution in [3.8, 4) is 0 Å². The molecule has 1 fully saturated rings. The van der Waals surface area contributed by atoms with Crippen LogP contribution >= 0.6 is 0 Å². The van der Waals surface area contributed by atoms with E-state index in [9.17, 15) is 4.79 Å². The second-order valence-electron chi connectivity index (χ2n) is 5.86. The molecule has 1 N–H and O–H groups in total. The van der Waals surface area contributed by atoms with Crippen LogP contribution in [0.15, 0.2) is 12.2 Å². The third kappa shape index (κ3) is 4.64. The van der Waals surface area contributed by atoms with Crippen LogP contribution in [0.1, 0.15) is 51.9 Å². The summed E-state index contributed by atoms with van der Waals surface area (Å²) >= 11 is 0. The molecule has 0 aromatic carbocycles. The summed E-state index contributed by atoms with van der Waals surface area (Å²) in [5.74, 6) is 0.974. The maximum Gasteiger partial charge on any atom is 0.308 e. The number of esters is 1. The quantitative estimate of drug-likeness (QED) is 0.613. The second kappa shape index (κ2) is 7.68. The topological polar surface area (TPSA) is 38.3 Å². The van der Waals surface area contributed by atoms with Crippen molar-refractivity contribution >= 4 is 5.97 Å². The highest BCUT2D eigenvalue weighted by Gasteiger charge is 2.27. The maximum atomic E-state index is 11.7. The van der Waals surface area contributed by atoms with Crippen LogP contribution in [-0.4, -0.2) is 25.2 Å². The van der Waals surface area contributed by atoms with Crippen molar-refractivity contribution in [2.45, 2.75) is 57.9 Å². The van der Waals surface area contributed by atoms with Gasteiger partial charge in [0, 0.05) is 6.04 Å². The van der Waals surface area contributed by atoms with Crippen LogP contribution in [0.5, 0.6) is 0 Å². The molecule has 0 saturated heterocycles.